The van der Waals surface area contributed by atoms with Crippen molar-refractivity contribution in [2.24, 2.45) is 0 Å². The van der Waals surface area contributed by atoms with Gasteiger partial charge in [0.05, 0.1) is 22.2 Å². The Morgan fingerprint density at radius 2 is 1.90 bits per heavy atom. The molecule has 0 bridgehead atoms. The summed E-state index contributed by atoms with van der Waals surface area (Å²) >= 11 is 6.01. The first-order valence-corrected chi connectivity index (χ1v) is 6.86. The molecule has 0 saturated heterocycles. The molecule has 0 fully saturated rings. The van der Waals surface area contributed by atoms with E-state index < -0.39 is 5.97 Å². The molecule has 1 aliphatic rings. The van der Waals surface area contributed by atoms with E-state index in [0.717, 1.165) is 11.1 Å². The van der Waals surface area contributed by atoms with Crippen molar-refractivity contribution in [2.75, 3.05) is 5.32 Å². The van der Waals surface area contributed by atoms with Crippen LogP contribution in [0.4, 0.5) is 5.69 Å². The van der Waals surface area contributed by atoms with E-state index in [4.69, 9.17) is 16.7 Å². The predicted octanol–water partition coefficient (Wildman–Crippen LogP) is 3.32. The summed E-state index contributed by atoms with van der Waals surface area (Å²) in [5.41, 5.74) is 2.28. The molecule has 0 saturated carbocycles. The molecular weight excluding hydrogens is 290 g/mol. The molecule has 0 aromatic heterocycles. The van der Waals surface area contributed by atoms with Gasteiger partial charge in [0.2, 0.25) is 5.91 Å². The standard InChI is InChI=1S/C16H12ClNO3/c17-13-7-3-6-11(16(20)21)14(13)18-15(19)12-8-9-4-1-2-5-10(9)12/h1-7,12H,8H2,(H,18,19)(H,20,21). The zero-order valence-electron chi connectivity index (χ0n) is 11.0. The molecule has 5 heteroatoms. The van der Waals surface area contributed by atoms with Crippen LogP contribution in [-0.2, 0) is 11.2 Å². The number of carbonyl (C=O) groups is 2. The van der Waals surface area contributed by atoms with Crippen molar-refractivity contribution < 1.29 is 14.7 Å². The van der Waals surface area contributed by atoms with Gasteiger partial charge in [0.15, 0.2) is 0 Å². The second-order valence-electron chi connectivity index (χ2n) is 4.91. The van der Waals surface area contributed by atoms with Gasteiger partial charge in [-0.3, -0.25) is 4.79 Å². The van der Waals surface area contributed by atoms with Crippen LogP contribution in [0.25, 0.3) is 0 Å². The number of anilines is 1. The number of nitrogens with one attached hydrogen (secondary N) is 1. The van der Waals surface area contributed by atoms with Crippen molar-refractivity contribution >= 4 is 29.2 Å². The molecule has 21 heavy (non-hydrogen) atoms. The van der Waals surface area contributed by atoms with Gasteiger partial charge in [0.25, 0.3) is 0 Å². The van der Waals surface area contributed by atoms with Crippen molar-refractivity contribution in [2.45, 2.75) is 12.3 Å². The van der Waals surface area contributed by atoms with Gasteiger partial charge in [-0.05, 0) is 29.7 Å². The van der Waals surface area contributed by atoms with Crippen LogP contribution in [0.3, 0.4) is 0 Å². The maximum atomic E-state index is 12.3. The third kappa shape index (κ3) is 2.38. The number of hydrogen-bond acceptors (Lipinski definition) is 2. The lowest BCUT2D eigenvalue weighted by Gasteiger charge is -2.29. The van der Waals surface area contributed by atoms with Crippen LogP contribution in [0.5, 0.6) is 0 Å². The lowest BCUT2D eigenvalue weighted by molar-refractivity contribution is -0.118. The van der Waals surface area contributed by atoms with Crippen molar-refractivity contribution in [3.8, 4) is 0 Å². The molecule has 3 rings (SSSR count). The number of benzene rings is 2. The number of amides is 1. The second-order valence-corrected chi connectivity index (χ2v) is 5.32. The highest BCUT2D eigenvalue weighted by Crippen LogP contribution is 2.36. The molecular formula is C16H12ClNO3. The van der Waals surface area contributed by atoms with Crippen LogP contribution in [0.15, 0.2) is 42.5 Å². The van der Waals surface area contributed by atoms with Crippen LogP contribution >= 0.6 is 11.6 Å². The molecule has 2 aromatic rings. The van der Waals surface area contributed by atoms with E-state index in [-0.39, 0.29) is 28.1 Å². The Kier molecular flexibility index (Phi) is 3.39. The number of carbonyl (C=O) groups excluding carboxylic acids is 1. The Hall–Kier alpha value is -2.33. The first kappa shape index (κ1) is 13.6. The molecule has 0 radical (unpaired) electrons. The zero-order chi connectivity index (χ0) is 15.0. The molecule has 0 spiro atoms. The molecule has 1 amide bonds. The molecule has 0 heterocycles. The van der Waals surface area contributed by atoms with Crippen LogP contribution < -0.4 is 5.32 Å². The molecule has 0 aliphatic heterocycles. The highest BCUT2D eigenvalue weighted by atomic mass is 35.5. The summed E-state index contributed by atoms with van der Waals surface area (Å²) in [6, 6.07) is 12.2. The Bertz CT molecular complexity index is 742. The van der Waals surface area contributed by atoms with E-state index in [1.165, 1.54) is 6.07 Å². The van der Waals surface area contributed by atoms with Gasteiger partial charge in [-0.15, -0.1) is 0 Å². The minimum absolute atomic E-state index is 0.0107. The van der Waals surface area contributed by atoms with Gasteiger partial charge in [0.1, 0.15) is 0 Å². The fourth-order valence-electron chi connectivity index (χ4n) is 2.53. The van der Waals surface area contributed by atoms with E-state index >= 15 is 0 Å². The quantitative estimate of drug-likeness (QED) is 0.914. The van der Waals surface area contributed by atoms with E-state index in [9.17, 15) is 9.59 Å². The molecule has 1 aliphatic carbocycles. The first-order valence-electron chi connectivity index (χ1n) is 6.48. The topological polar surface area (TPSA) is 66.4 Å². The van der Waals surface area contributed by atoms with Gasteiger partial charge >= 0.3 is 5.97 Å². The third-order valence-electron chi connectivity index (χ3n) is 3.66. The SMILES string of the molecule is O=C(O)c1cccc(Cl)c1NC(=O)C1Cc2ccccc21. The summed E-state index contributed by atoms with van der Waals surface area (Å²) in [7, 11) is 0. The second kappa shape index (κ2) is 5.22. The fourth-order valence-corrected chi connectivity index (χ4v) is 2.75. The Labute approximate surface area is 126 Å². The van der Waals surface area contributed by atoms with Gasteiger partial charge < -0.3 is 10.4 Å². The molecule has 2 aromatic carbocycles. The molecule has 4 nitrogen and oxygen atoms in total. The highest BCUT2D eigenvalue weighted by Gasteiger charge is 2.32. The minimum atomic E-state index is -1.12. The summed E-state index contributed by atoms with van der Waals surface area (Å²) in [5, 5.41) is 12.0. The smallest absolute Gasteiger partial charge is 0.337 e. The Morgan fingerprint density at radius 3 is 2.62 bits per heavy atom. The van der Waals surface area contributed by atoms with Gasteiger partial charge in [-0.1, -0.05) is 41.9 Å². The van der Waals surface area contributed by atoms with Crippen LogP contribution in [0.2, 0.25) is 5.02 Å². The first-order chi connectivity index (χ1) is 10.1. The maximum Gasteiger partial charge on any atom is 0.337 e. The summed E-state index contributed by atoms with van der Waals surface area (Å²) < 4.78 is 0. The number of halogens is 1. The van der Waals surface area contributed by atoms with E-state index in [0.29, 0.717) is 6.42 Å². The van der Waals surface area contributed by atoms with Crippen molar-refractivity contribution in [3.63, 3.8) is 0 Å². The third-order valence-corrected chi connectivity index (χ3v) is 3.98. The van der Waals surface area contributed by atoms with Crippen LogP contribution in [-0.4, -0.2) is 17.0 Å². The lowest BCUT2D eigenvalue weighted by Crippen LogP contribution is -2.30. The van der Waals surface area contributed by atoms with Gasteiger partial charge in [0, 0.05) is 0 Å². The summed E-state index contributed by atoms with van der Waals surface area (Å²) in [4.78, 5) is 23.5. The van der Waals surface area contributed by atoms with Gasteiger partial charge in [-0.2, -0.15) is 0 Å². The van der Waals surface area contributed by atoms with Crippen molar-refractivity contribution in [1.82, 2.24) is 0 Å². The number of carboxylic acids is 1. The summed E-state index contributed by atoms with van der Waals surface area (Å²) in [6.45, 7) is 0. The highest BCUT2D eigenvalue weighted by molar-refractivity contribution is 6.34. The summed E-state index contributed by atoms with van der Waals surface area (Å²) in [5.74, 6) is -1.61. The van der Waals surface area contributed by atoms with E-state index in [1.54, 1.807) is 12.1 Å². The predicted molar refractivity (Wildman–Crippen MR) is 79.9 cm³/mol. The normalized spacial score (nSPS) is 15.8. The van der Waals surface area contributed by atoms with E-state index in [2.05, 4.69) is 5.32 Å². The Morgan fingerprint density at radius 1 is 1.14 bits per heavy atom. The number of para-hydroxylation sites is 1. The molecule has 1 atom stereocenters. The van der Waals surface area contributed by atoms with Gasteiger partial charge in [-0.25, -0.2) is 4.79 Å². The summed E-state index contributed by atoms with van der Waals surface area (Å²) in [6.07, 6.45) is 0.662. The maximum absolute atomic E-state index is 12.3. The van der Waals surface area contributed by atoms with Crippen LogP contribution in [0, 0.1) is 0 Å². The van der Waals surface area contributed by atoms with E-state index in [1.807, 2.05) is 24.3 Å². The van der Waals surface area contributed by atoms with Crippen LogP contribution in [0.1, 0.15) is 27.4 Å². The number of fused-ring (bicyclic) bond motifs is 1. The Balaban J connectivity index is 1.86. The average Bonchev–Trinajstić information content (AvgIpc) is 2.42. The number of rotatable bonds is 3. The minimum Gasteiger partial charge on any atom is -0.478 e. The monoisotopic (exact) mass is 301 g/mol. The molecule has 106 valence electrons. The largest absolute Gasteiger partial charge is 0.478 e. The number of hydrogen-bond donors (Lipinski definition) is 2. The fraction of sp³-hybridized carbons (Fsp3) is 0.125. The van der Waals surface area contributed by atoms with Crippen molar-refractivity contribution in [3.05, 3.63) is 64.2 Å². The number of aromatic carboxylic acids is 1. The van der Waals surface area contributed by atoms with Crippen molar-refractivity contribution in [1.29, 1.82) is 0 Å². The average molecular weight is 302 g/mol. The number of carboxylic acid groups (broad SMARTS) is 1. The lowest BCUT2D eigenvalue weighted by atomic mass is 9.77. The molecule has 2 N–H and O–H groups in total. The zero-order valence-corrected chi connectivity index (χ0v) is 11.7. The molecule has 1 unspecified atom stereocenters.